The summed E-state index contributed by atoms with van der Waals surface area (Å²) in [4.78, 5) is 0. The number of rotatable bonds is 2. The lowest BCUT2D eigenvalue weighted by atomic mass is 9.87. The van der Waals surface area contributed by atoms with Crippen LogP contribution in [0.25, 0.3) is 0 Å². The molecule has 70 valence electrons. The van der Waals surface area contributed by atoms with Gasteiger partial charge in [-0.3, -0.25) is 0 Å². The Bertz CT molecular complexity index is 163. The fraction of sp³-hybridized carbons (Fsp3) is 1.00. The summed E-state index contributed by atoms with van der Waals surface area (Å²) in [5.74, 6) is 2.68. The van der Waals surface area contributed by atoms with Gasteiger partial charge in [-0.2, -0.15) is 11.8 Å². The van der Waals surface area contributed by atoms with E-state index in [2.05, 4.69) is 30.9 Å². The van der Waals surface area contributed by atoms with E-state index < -0.39 is 0 Å². The van der Waals surface area contributed by atoms with E-state index in [0.717, 1.165) is 12.1 Å². The zero-order valence-electron chi connectivity index (χ0n) is 8.10. The first-order chi connectivity index (χ1) is 5.68. The summed E-state index contributed by atoms with van der Waals surface area (Å²) >= 11 is 2.07. The Morgan fingerprint density at radius 2 is 2.08 bits per heavy atom. The normalized spacial score (nSPS) is 35.0. The van der Waals surface area contributed by atoms with Gasteiger partial charge in [0.2, 0.25) is 0 Å². The Balaban J connectivity index is 1.85. The lowest BCUT2D eigenvalue weighted by Crippen LogP contribution is -2.49. The third-order valence-corrected chi connectivity index (χ3v) is 4.61. The standard InChI is InChI=1S/C10H19NS/c1-10(2)5-3-4-9(10)11-8-6-12-7-8/h8-9,11H,3-7H2,1-2H3. The quantitative estimate of drug-likeness (QED) is 0.708. The summed E-state index contributed by atoms with van der Waals surface area (Å²) in [5, 5.41) is 3.78. The van der Waals surface area contributed by atoms with Crippen molar-refractivity contribution in [2.24, 2.45) is 5.41 Å². The van der Waals surface area contributed by atoms with E-state index in [9.17, 15) is 0 Å². The van der Waals surface area contributed by atoms with Crippen LogP contribution >= 0.6 is 11.8 Å². The highest BCUT2D eigenvalue weighted by molar-refractivity contribution is 8.00. The minimum absolute atomic E-state index is 0.556. The second kappa shape index (κ2) is 3.22. The van der Waals surface area contributed by atoms with E-state index >= 15 is 0 Å². The van der Waals surface area contributed by atoms with E-state index in [1.165, 1.54) is 30.8 Å². The number of hydrogen-bond acceptors (Lipinski definition) is 2. The van der Waals surface area contributed by atoms with Crippen LogP contribution in [-0.4, -0.2) is 23.6 Å². The van der Waals surface area contributed by atoms with Crippen molar-refractivity contribution in [2.45, 2.75) is 45.2 Å². The molecule has 1 saturated heterocycles. The average Bonchev–Trinajstić information content (AvgIpc) is 2.21. The summed E-state index contributed by atoms with van der Waals surface area (Å²) in [6.45, 7) is 4.81. The van der Waals surface area contributed by atoms with Gasteiger partial charge in [0.1, 0.15) is 0 Å². The third kappa shape index (κ3) is 1.64. The van der Waals surface area contributed by atoms with E-state index in [1.54, 1.807) is 0 Å². The molecule has 0 aromatic heterocycles. The molecule has 0 radical (unpaired) electrons. The molecule has 2 heteroatoms. The predicted molar refractivity (Wildman–Crippen MR) is 55.7 cm³/mol. The highest BCUT2D eigenvalue weighted by Crippen LogP contribution is 2.38. The predicted octanol–water partition coefficient (Wildman–Crippen LogP) is 2.27. The zero-order valence-corrected chi connectivity index (χ0v) is 8.91. The molecule has 0 bridgehead atoms. The Labute approximate surface area is 79.7 Å². The van der Waals surface area contributed by atoms with Gasteiger partial charge in [-0.25, -0.2) is 0 Å². The smallest absolute Gasteiger partial charge is 0.0251 e. The first-order valence-electron chi connectivity index (χ1n) is 5.02. The van der Waals surface area contributed by atoms with E-state index in [-0.39, 0.29) is 0 Å². The topological polar surface area (TPSA) is 12.0 Å². The number of nitrogens with one attached hydrogen (secondary N) is 1. The van der Waals surface area contributed by atoms with Crippen molar-refractivity contribution in [1.29, 1.82) is 0 Å². The van der Waals surface area contributed by atoms with E-state index in [4.69, 9.17) is 0 Å². The molecule has 1 aliphatic carbocycles. The average molecular weight is 185 g/mol. The minimum Gasteiger partial charge on any atom is -0.309 e. The van der Waals surface area contributed by atoms with Gasteiger partial charge in [0.25, 0.3) is 0 Å². The molecule has 2 rings (SSSR count). The van der Waals surface area contributed by atoms with Gasteiger partial charge < -0.3 is 5.32 Å². The van der Waals surface area contributed by atoms with Crippen LogP contribution in [0.4, 0.5) is 0 Å². The maximum Gasteiger partial charge on any atom is 0.0251 e. The lowest BCUT2D eigenvalue weighted by molar-refractivity contribution is 0.269. The Morgan fingerprint density at radius 1 is 1.33 bits per heavy atom. The molecule has 2 aliphatic rings. The number of hydrogen-bond donors (Lipinski definition) is 1. The number of thioether (sulfide) groups is 1. The summed E-state index contributed by atoms with van der Waals surface area (Å²) in [6.07, 6.45) is 4.23. The van der Waals surface area contributed by atoms with Crippen molar-refractivity contribution >= 4 is 11.8 Å². The largest absolute Gasteiger partial charge is 0.309 e. The van der Waals surface area contributed by atoms with E-state index in [1.807, 2.05) is 0 Å². The summed E-state index contributed by atoms with van der Waals surface area (Å²) in [6, 6.07) is 1.63. The van der Waals surface area contributed by atoms with E-state index in [0.29, 0.717) is 5.41 Å². The van der Waals surface area contributed by atoms with Gasteiger partial charge in [0.15, 0.2) is 0 Å². The van der Waals surface area contributed by atoms with Crippen molar-refractivity contribution < 1.29 is 0 Å². The van der Waals surface area contributed by atoms with Gasteiger partial charge in [-0.05, 0) is 18.3 Å². The lowest BCUT2D eigenvalue weighted by Gasteiger charge is -2.35. The fourth-order valence-corrected chi connectivity index (χ4v) is 2.92. The Hall–Kier alpha value is 0.310. The second-order valence-corrected chi connectivity index (χ2v) is 5.91. The van der Waals surface area contributed by atoms with Gasteiger partial charge >= 0.3 is 0 Å². The highest BCUT2D eigenvalue weighted by atomic mass is 32.2. The highest BCUT2D eigenvalue weighted by Gasteiger charge is 2.36. The molecule has 1 N–H and O–H groups in total. The molecule has 12 heavy (non-hydrogen) atoms. The molecule has 1 unspecified atom stereocenters. The maximum absolute atomic E-state index is 3.78. The maximum atomic E-state index is 3.78. The molecule has 0 aromatic carbocycles. The van der Waals surface area contributed by atoms with Crippen molar-refractivity contribution in [2.75, 3.05) is 11.5 Å². The molecule has 1 nitrogen and oxygen atoms in total. The summed E-state index contributed by atoms with van der Waals surface area (Å²) < 4.78 is 0. The third-order valence-electron chi connectivity index (χ3n) is 3.33. The van der Waals surface area contributed by atoms with Gasteiger partial charge in [0, 0.05) is 23.6 Å². The minimum atomic E-state index is 0.556. The fourth-order valence-electron chi connectivity index (χ4n) is 2.25. The van der Waals surface area contributed by atoms with Crippen molar-refractivity contribution in [3.63, 3.8) is 0 Å². The van der Waals surface area contributed by atoms with Crippen molar-refractivity contribution in [3.8, 4) is 0 Å². The molecule has 0 spiro atoms. The molecule has 0 aromatic rings. The van der Waals surface area contributed by atoms with Gasteiger partial charge in [-0.1, -0.05) is 20.3 Å². The van der Waals surface area contributed by atoms with Crippen LogP contribution in [0.15, 0.2) is 0 Å². The molecule has 1 atom stereocenters. The zero-order chi connectivity index (χ0) is 8.60. The molecular formula is C10H19NS. The van der Waals surface area contributed by atoms with Crippen LogP contribution in [0.1, 0.15) is 33.1 Å². The molecule has 1 heterocycles. The van der Waals surface area contributed by atoms with Crippen LogP contribution in [0, 0.1) is 5.41 Å². The van der Waals surface area contributed by atoms with Crippen LogP contribution < -0.4 is 5.32 Å². The molecule has 1 saturated carbocycles. The molecular weight excluding hydrogens is 166 g/mol. The van der Waals surface area contributed by atoms with Gasteiger partial charge in [-0.15, -0.1) is 0 Å². The monoisotopic (exact) mass is 185 g/mol. The first kappa shape index (κ1) is 8.89. The Morgan fingerprint density at radius 3 is 2.50 bits per heavy atom. The SMILES string of the molecule is CC1(C)CCCC1NC1CSC1. The molecule has 2 fully saturated rings. The Kier molecular flexibility index (Phi) is 2.39. The van der Waals surface area contributed by atoms with Crippen LogP contribution in [0.3, 0.4) is 0 Å². The summed E-state index contributed by atoms with van der Waals surface area (Å²) in [7, 11) is 0. The van der Waals surface area contributed by atoms with Crippen molar-refractivity contribution in [1.82, 2.24) is 5.32 Å². The molecule has 1 aliphatic heterocycles. The molecule has 0 amide bonds. The van der Waals surface area contributed by atoms with Crippen molar-refractivity contribution in [3.05, 3.63) is 0 Å². The van der Waals surface area contributed by atoms with Crippen LogP contribution in [-0.2, 0) is 0 Å². The van der Waals surface area contributed by atoms with Crippen LogP contribution in [0.5, 0.6) is 0 Å². The second-order valence-electron chi connectivity index (χ2n) is 4.83. The summed E-state index contributed by atoms with van der Waals surface area (Å²) in [5.41, 5.74) is 0.556. The van der Waals surface area contributed by atoms with Crippen LogP contribution in [0.2, 0.25) is 0 Å². The van der Waals surface area contributed by atoms with Gasteiger partial charge in [0.05, 0.1) is 0 Å². The first-order valence-corrected chi connectivity index (χ1v) is 6.18.